The Hall–Kier alpha value is -0.980. The van der Waals surface area contributed by atoms with Crippen LogP contribution >= 0.6 is 0 Å². The molecule has 6 heteroatoms. The van der Waals surface area contributed by atoms with Crippen LogP contribution in [0.15, 0.2) is 4.52 Å². The molecule has 1 aliphatic rings. The Morgan fingerprint density at radius 1 is 1.56 bits per heavy atom. The third kappa shape index (κ3) is 2.88. The number of ether oxygens (including phenoxy) is 1. The predicted molar refractivity (Wildman–Crippen MR) is 66.9 cm³/mol. The summed E-state index contributed by atoms with van der Waals surface area (Å²) in [6.45, 7) is 6.61. The zero-order valence-electron chi connectivity index (χ0n) is 11.3. The standard InChI is InChI=1S/C12H22N4O2/c1-4-8(2)10(13)12-14-11(15-18-12)9-7-16(3)5-6-17-9/h8-10H,4-7,13H2,1-3H3/t8-,9?,10-/m0/s1. The van der Waals surface area contributed by atoms with Crippen molar-refractivity contribution in [1.82, 2.24) is 15.0 Å². The highest BCUT2D eigenvalue weighted by Gasteiger charge is 2.26. The molecule has 1 unspecified atom stereocenters. The third-order valence-corrected chi connectivity index (χ3v) is 3.56. The fourth-order valence-electron chi connectivity index (χ4n) is 1.94. The molecule has 1 aromatic rings. The van der Waals surface area contributed by atoms with Crippen molar-refractivity contribution in [2.45, 2.75) is 32.4 Å². The van der Waals surface area contributed by atoms with E-state index in [4.69, 9.17) is 15.0 Å². The highest BCUT2D eigenvalue weighted by molar-refractivity contribution is 4.97. The van der Waals surface area contributed by atoms with Crippen molar-refractivity contribution in [3.05, 3.63) is 11.7 Å². The van der Waals surface area contributed by atoms with Gasteiger partial charge in [-0.3, -0.25) is 0 Å². The summed E-state index contributed by atoms with van der Waals surface area (Å²) >= 11 is 0. The maximum Gasteiger partial charge on any atom is 0.243 e. The molecule has 0 aliphatic carbocycles. The van der Waals surface area contributed by atoms with E-state index in [0.29, 0.717) is 24.2 Å². The van der Waals surface area contributed by atoms with Crippen molar-refractivity contribution in [2.24, 2.45) is 11.7 Å². The SMILES string of the molecule is CC[C@H](C)[C@H](N)c1nc(C2CN(C)CCO2)no1. The molecule has 1 fully saturated rings. The summed E-state index contributed by atoms with van der Waals surface area (Å²) < 4.78 is 10.9. The number of likely N-dealkylation sites (N-methyl/N-ethyl adjacent to an activating group) is 1. The average molecular weight is 254 g/mol. The summed E-state index contributed by atoms with van der Waals surface area (Å²) in [7, 11) is 2.06. The van der Waals surface area contributed by atoms with Crippen molar-refractivity contribution in [3.8, 4) is 0 Å². The van der Waals surface area contributed by atoms with Gasteiger partial charge < -0.3 is 19.9 Å². The van der Waals surface area contributed by atoms with Crippen molar-refractivity contribution in [1.29, 1.82) is 0 Å². The Balaban J connectivity index is 2.05. The molecule has 0 bridgehead atoms. The third-order valence-electron chi connectivity index (χ3n) is 3.56. The molecule has 0 saturated carbocycles. The van der Waals surface area contributed by atoms with E-state index < -0.39 is 0 Å². The molecule has 0 aromatic carbocycles. The van der Waals surface area contributed by atoms with Gasteiger partial charge in [0.2, 0.25) is 11.7 Å². The second-order valence-corrected chi connectivity index (χ2v) is 5.02. The van der Waals surface area contributed by atoms with Gasteiger partial charge in [0, 0.05) is 13.1 Å². The second kappa shape index (κ2) is 5.77. The first kappa shape index (κ1) is 13.5. The number of hydrogen-bond acceptors (Lipinski definition) is 6. The molecular weight excluding hydrogens is 232 g/mol. The molecule has 2 rings (SSSR count). The quantitative estimate of drug-likeness (QED) is 0.867. The van der Waals surface area contributed by atoms with Gasteiger partial charge in [-0.2, -0.15) is 4.98 Å². The van der Waals surface area contributed by atoms with Gasteiger partial charge in [-0.25, -0.2) is 0 Å². The maximum absolute atomic E-state index is 6.07. The first-order valence-electron chi connectivity index (χ1n) is 6.51. The minimum absolute atomic E-state index is 0.106. The van der Waals surface area contributed by atoms with Crippen LogP contribution in [-0.4, -0.2) is 41.8 Å². The summed E-state index contributed by atoms with van der Waals surface area (Å²) in [4.78, 5) is 6.58. The number of nitrogens with zero attached hydrogens (tertiary/aromatic N) is 3. The first-order valence-corrected chi connectivity index (χ1v) is 6.51. The van der Waals surface area contributed by atoms with Crippen LogP contribution in [-0.2, 0) is 4.74 Å². The molecule has 18 heavy (non-hydrogen) atoms. The Morgan fingerprint density at radius 3 is 3.00 bits per heavy atom. The summed E-state index contributed by atoms with van der Waals surface area (Å²) in [5.41, 5.74) is 6.07. The number of rotatable bonds is 4. The molecule has 2 heterocycles. The monoisotopic (exact) mass is 254 g/mol. The Morgan fingerprint density at radius 2 is 2.33 bits per heavy atom. The summed E-state index contributed by atoms with van der Waals surface area (Å²) in [5.74, 6) is 1.44. The fraction of sp³-hybridized carbons (Fsp3) is 0.833. The van der Waals surface area contributed by atoms with Crippen molar-refractivity contribution in [3.63, 3.8) is 0 Å². The van der Waals surface area contributed by atoms with Crippen LogP contribution in [0.3, 0.4) is 0 Å². The molecule has 0 amide bonds. The topological polar surface area (TPSA) is 77.4 Å². The van der Waals surface area contributed by atoms with Crippen molar-refractivity contribution in [2.75, 3.05) is 26.7 Å². The highest BCUT2D eigenvalue weighted by Crippen LogP contribution is 2.23. The van der Waals surface area contributed by atoms with Gasteiger partial charge in [-0.1, -0.05) is 25.4 Å². The van der Waals surface area contributed by atoms with E-state index in [2.05, 4.69) is 35.9 Å². The van der Waals surface area contributed by atoms with Crippen LogP contribution in [0.5, 0.6) is 0 Å². The van der Waals surface area contributed by atoms with Crippen LogP contribution in [0.25, 0.3) is 0 Å². The predicted octanol–water partition coefficient (Wildman–Crippen LogP) is 1.12. The Kier molecular flexibility index (Phi) is 4.31. The van der Waals surface area contributed by atoms with Crippen molar-refractivity contribution < 1.29 is 9.26 Å². The maximum atomic E-state index is 6.07. The normalized spacial score (nSPS) is 25.0. The van der Waals surface area contributed by atoms with Gasteiger partial charge >= 0.3 is 0 Å². The fourth-order valence-corrected chi connectivity index (χ4v) is 1.94. The van der Waals surface area contributed by atoms with Gasteiger partial charge in [0.1, 0.15) is 6.10 Å². The van der Waals surface area contributed by atoms with E-state index in [1.807, 2.05) is 0 Å². The Bertz CT molecular complexity index is 382. The minimum atomic E-state index is -0.197. The molecule has 0 radical (unpaired) electrons. The molecule has 6 nitrogen and oxygen atoms in total. The van der Waals surface area contributed by atoms with Gasteiger partial charge in [-0.15, -0.1) is 0 Å². The first-order chi connectivity index (χ1) is 8.61. The number of hydrogen-bond donors (Lipinski definition) is 1. The van der Waals surface area contributed by atoms with E-state index in [1.54, 1.807) is 0 Å². The van der Waals surface area contributed by atoms with Crippen LogP contribution in [0, 0.1) is 5.92 Å². The molecule has 0 spiro atoms. The number of morpholine rings is 1. The van der Waals surface area contributed by atoms with E-state index in [0.717, 1.165) is 19.5 Å². The molecule has 1 saturated heterocycles. The minimum Gasteiger partial charge on any atom is -0.367 e. The van der Waals surface area contributed by atoms with Gasteiger partial charge in [0.15, 0.2) is 0 Å². The number of nitrogens with two attached hydrogens (primary N) is 1. The van der Waals surface area contributed by atoms with E-state index in [9.17, 15) is 0 Å². The van der Waals surface area contributed by atoms with Crippen LogP contribution in [0.1, 0.15) is 44.1 Å². The molecule has 1 aromatic heterocycles. The molecule has 102 valence electrons. The lowest BCUT2D eigenvalue weighted by molar-refractivity contribution is -0.0264. The smallest absolute Gasteiger partial charge is 0.243 e. The molecule has 3 atom stereocenters. The lowest BCUT2D eigenvalue weighted by Crippen LogP contribution is -2.35. The lowest BCUT2D eigenvalue weighted by Gasteiger charge is -2.27. The van der Waals surface area contributed by atoms with Gasteiger partial charge in [0.05, 0.1) is 12.6 Å². The van der Waals surface area contributed by atoms with Crippen molar-refractivity contribution >= 4 is 0 Å². The molecule has 1 aliphatic heterocycles. The molecular formula is C12H22N4O2. The van der Waals surface area contributed by atoms with E-state index >= 15 is 0 Å². The van der Waals surface area contributed by atoms with E-state index in [1.165, 1.54) is 0 Å². The Labute approximate surface area is 107 Å². The number of aromatic nitrogens is 2. The second-order valence-electron chi connectivity index (χ2n) is 5.02. The summed E-state index contributed by atoms with van der Waals surface area (Å²) in [6.07, 6.45) is 0.882. The molecule has 2 N–H and O–H groups in total. The largest absolute Gasteiger partial charge is 0.367 e. The zero-order chi connectivity index (χ0) is 13.1. The van der Waals surface area contributed by atoms with E-state index in [-0.39, 0.29) is 12.1 Å². The lowest BCUT2D eigenvalue weighted by atomic mass is 10.0. The van der Waals surface area contributed by atoms with Crippen LogP contribution in [0.2, 0.25) is 0 Å². The van der Waals surface area contributed by atoms with Crippen LogP contribution < -0.4 is 5.73 Å². The van der Waals surface area contributed by atoms with Gasteiger partial charge in [-0.05, 0) is 13.0 Å². The highest BCUT2D eigenvalue weighted by atomic mass is 16.5. The summed E-state index contributed by atoms with van der Waals surface area (Å²) in [5, 5.41) is 3.99. The zero-order valence-corrected chi connectivity index (χ0v) is 11.3. The summed E-state index contributed by atoms with van der Waals surface area (Å²) in [6, 6.07) is -0.197. The average Bonchev–Trinajstić information content (AvgIpc) is 2.86. The van der Waals surface area contributed by atoms with Crippen LogP contribution in [0.4, 0.5) is 0 Å². The van der Waals surface area contributed by atoms with Gasteiger partial charge in [0.25, 0.3) is 0 Å².